The quantitative estimate of drug-likeness (QED) is 0.803. The molecular weight excluding hydrogens is 280 g/mol. The molecule has 0 amide bonds. The number of nitrogens with zero attached hydrogens (tertiary/aromatic N) is 2. The first-order valence-corrected chi connectivity index (χ1v) is 6.93. The highest BCUT2D eigenvalue weighted by Gasteiger charge is 2.15. The molecule has 0 atom stereocenters. The summed E-state index contributed by atoms with van der Waals surface area (Å²) in [5.41, 5.74) is 2.63. The molecule has 0 bridgehead atoms. The van der Waals surface area contributed by atoms with Gasteiger partial charge in [0.2, 0.25) is 0 Å². The third kappa shape index (κ3) is 2.53. The molecule has 0 saturated carbocycles. The van der Waals surface area contributed by atoms with Gasteiger partial charge in [-0.3, -0.25) is 0 Å². The van der Waals surface area contributed by atoms with E-state index in [1.165, 1.54) is 0 Å². The van der Waals surface area contributed by atoms with E-state index in [0.717, 1.165) is 16.9 Å². The van der Waals surface area contributed by atoms with Gasteiger partial charge < -0.3 is 14.4 Å². The van der Waals surface area contributed by atoms with Crippen molar-refractivity contribution in [2.24, 2.45) is 7.05 Å². The Hall–Kier alpha value is -2.82. The monoisotopic (exact) mass is 296 g/mol. The van der Waals surface area contributed by atoms with Crippen LogP contribution in [0.5, 0.6) is 5.75 Å². The Labute approximate surface area is 127 Å². The topological polar surface area (TPSA) is 64.3 Å². The molecular formula is C17H16N2O3. The van der Waals surface area contributed by atoms with Crippen molar-refractivity contribution in [1.29, 1.82) is 0 Å². The Morgan fingerprint density at radius 1 is 1.27 bits per heavy atom. The van der Waals surface area contributed by atoms with Gasteiger partial charge in [0.15, 0.2) is 0 Å². The van der Waals surface area contributed by atoms with Crippen molar-refractivity contribution in [1.82, 2.24) is 9.55 Å². The van der Waals surface area contributed by atoms with Gasteiger partial charge in [0.1, 0.15) is 23.7 Å². The van der Waals surface area contributed by atoms with Crippen molar-refractivity contribution in [2.45, 2.75) is 13.5 Å². The number of ether oxygens (including phenoxy) is 1. The number of rotatable bonds is 4. The summed E-state index contributed by atoms with van der Waals surface area (Å²) in [5, 5.41) is 9.24. The lowest BCUT2D eigenvalue weighted by atomic mass is 10.2. The van der Waals surface area contributed by atoms with Gasteiger partial charge in [-0.15, -0.1) is 0 Å². The highest BCUT2D eigenvalue weighted by molar-refractivity contribution is 5.95. The van der Waals surface area contributed by atoms with E-state index >= 15 is 0 Å². The van der Waals surface area contributed by atoms with Gasteiger partial charge >= 0.3 is 5.97 Å². The summed E-state index contributed by atoms with van der Waals surface area (Å²) in [4.78, 5) is 15.7. The largest absolute Gasteiger partial charge is 0.487 e. The maximum atomic E-state index is 11.3. The smallest absolute Gasteiger partial charge is 0.335 e. The van der Waals surface area contributed by atoms with Crippen LogP contribution in [-0.2, 0) is 13.7 Å². The zero-order valence-corrected chi connectivity index (χ0v) is 12.4. The van der Waals surface area contributed by atoms with E-state index in [0.29, 0.717) is 17.9 Å². The number of hydrogen-bond donors (Lipinski definition) is 1. The summed E-state index contributed by atoms with van der Waals surface area (Å²) in [6.45, 7) is 2.25. The Bertz CT molecular complexity index is 838. The minimum Gasteiger partial charge on any atom is -0.487 e. The number of imidazole rings is 1. The summed E-state index contributed by atoms with van der Waals surface area (Å²) in [5.74, 6) is 0.346. The van der Waals surface area contributed by atoms with Crippen molar-refractivity contribution < 1.29 is 14.6 Å². The van der Waals surface area contributed by atoms with Crippen molar-refractivity contribution in [3.05, 3.63) is 59.4 Å². The second kappa shape index (κ2) is 5.52. The summed E-state index contributed by atoms with van der Waals surface area (Å²) >= 11 is 0. The van der Waals surface area contributed by atoms with Crippen LogP contribution in [0.3, 0.4) is 0 Å². The normalized spacial score (nSPS) is 10.8. The fourth-order valence-corrected chi connectivity index (χ4v) is 2.40. The zero-order valence-electron chi connectivity index (χ0n) is 12.4. The zero-order chi connectivity index (χ0) is 15.7. The van der Waals surface area contributed by atoms with E-state index in [-0.39, 0.29) is 5.56 Å². The maximum absolute atomic E-state index is 11.3. The van der Waals surface area contributed by atoms with Crippen LogP contribution in [0.4, 0.5) is 0 Å². The molecule has 2 aromatic carbocycles. The number of fused-ring (bicyclic) bond motifs is 1. The first-order valence-electron chi connectivity index (χ1n) is 6.93. The van der Waals surface area contributed by atoms with Gasteiger partial charge in [0, 0.05) is 7.05 Å². The number of carboxylic acid groups (broad SMARTS) is 1. The number of benzene rings is 2. The van der Waals surface area contributed by atoms with Gasteiger partial charge in [-0.1, -0.05) is 30.3 Å². The van der Waals surface area contributed by atoms with Gasteiger partial charge in [0.05, 0.1) is 11.1 Å². The number of aryl methyl sites for hydroxylation is 2. The molecule has 0 fully saturated rings. The lowest BCUT2D eigenvalue weighted by Gasteiger charge is -2.10. The van der Waals surface area contributed by atoms with E-state index in [4.69, 9.17) is 4.74 Å². The van der Waals surface area contributed by atoms with E-state index in [9.17, 15) is 9.90 Å². The fourth-order valence-electron chi connectivity index (χ4n) is 2.40. The molecule has 3 aromatic rings. The van der Waals surface area contributed by atoms with Gasteiger partial charge in [-0.25, -0.2) is 9.78 Å². The highest BCUT2D eigenvalue weighted by Crippen LogP contribution is 2.28. The average molecular weight is 296 g/mol. The van der Waals surface area contributed by atoms with Crippen LogP contribution in [0.25, 0.3) is 11.0 Å². The summed E-state index contributed by atoms with van der Waals surface area (Å²) in [6.07, 6.45) is 0. The van der Waals surface area contributed by atoms with Gasteiger partial charge in [0.25, 0.3) is 0 Å². The van der Waals surface area contributed by atoms with Gasteiger partial charge in [-0.05, 0) is 24.6 Å². The highest BCUT2D eigenvalue weighted by atomic mass is 16.5. The molecule has 0 aliphatic heterocycles. The molecule has 0 radical (unpaired) electrons. The Morgan fingerprint density at radius 2 is 2.00 bits per heavy atom. The van der Waals surface area contributed by atoms with Crippen LogP contribution in [0, 0.1) is 6.92 Å². The van der Waals surface area contributed by atoms with E-state index in [1.807, 2.05) is 48.9 Å². The first kappa shape index (κ1) is 14.1. The molecule has 1 N–H and O–H groups in total. The van der Waals surface area contributed by atoms with Crippen LogP contribution in [0.1, 0.15) is 21.7 Å². The summed E-state index contributed by atoms with van der Waals surface area (Å²) < 4.78 is 7.77. The standard InChI is InChI=1S/C17H16N2O3/c1-11-18-14-8-13(17(20)21)9-15(16(14)19(11)2)22-10-12-6-4-3-5-7-12/h3-9H,10H2,1-2H3,(H,20,21). The number of hydrogen-bond acceptors (Lipinski definition) is 3. The predicted octanol–water partition coefficient (Wildman–Crippen LogP) is 3.16. The molecule has 0 unspecified atom stereocenters. The third-order valence-corrected chi connectivity index (χ3v) is 3.64. The molecule has 5 heteroatoms. The number of aromatic nitrogens is 2. The molecule has 1 aromatic heterocycles. The van der Waals surface area contributed by atoms with E-state index in [2.05, 4.69) is 4.98 Å². The van der Waals surface area contributed by atoms with E-state index in [1.54, 1.807) is 12.1 Å². The van der Waals surface area contributed by atoms with Crippen molar-refractivity contribution in [2.75, 3.05) is 0 Å². The molecule has 1 heterocycles. The Balaban J connectivity index is 2.04. The van der Waals surface area contributed by atoms with Crippen LogP contribution in [0.15, 0.2) is 42.5 Å². The molecule has 0 aliphatic carbocycles. The molecule has 0 aliphatic rings. The number of aromatic carboxylic acids is 1. The molecule has 112 valence electrons. The van der Waals surface area contributed by atoms with Crippen LogP contribution >= 0.6 is 0 Å². The van der Waals surface area contributed by atoms with Crippen molar-refractivity contribution in [3.8, 4) is 5.75 Å². The summed E-state index contributed by atoms with van der Waals surface area (Å²) in [6, 6.07) is 12.9. The maximum Gasteiger partial charge on any atom is 0.335 e. The predicted molar refractivity (Wildman–Crippen MR) is 83.2 cm³/mol. The Morgan fingerprint density at radius 3 is 2.68 bits per heavy atom. The molecule has 3 rings (SSSR count). The fraction of sp³-hybridized carbons (Fsp3) is 0.176. The SMILES string of the molecule is Cc1nc2cc(C(=O)O)cc(OCc3ccccc3)c2n1C. The van der Waals surface area contributed by atoms with E-state index < -0.39 is 5.97 Å². The minimum absolute atomic E-state index is 0.175. The number of carboxylic acids is 1. The lowest BCUT2D eigenvalue weighted by Crippen LogP contribution is -2.02. The van der Waals surface area contributed by atoms with Gasteiger partial charge in [-0.2, -0.15) is 0 Å². The Kier molecular flexibility index (Phi) is 3.55. The third-order valence-electron chi connectivity index (χ3n) is 3.64. The van der Waals surface area contributed by atoms with Crippen molar-refractivity contribution >= 4 is 17.0 Å². The van der Waals surface area contributed by atoms with Crippen LogP contribution in [0.2, 0.25) is 0 Å². The molecule has 0 saturated heterocycles. The second-order valence-corrected chi connectivity index (χ2v) is 5.14. The van der Waals surface area contributed by atoms with Crippen LogP contribution < -0.4 is 4.74 Å². The summed E-state index contributed by atoms with van der Waals surface area (Å²) in [7, 11) is 1.89. The molecule has 5 nitrogen and oxygen atoms in total. The lowest BCUT2D eigenvalue weighted by molar-refractivity contribution is 0.0696. The molecule has 22 heavy (non-hydrogen) atoms. The van der Waals surface area contributed by atoms with Crippen molar-refractivity contribution in [3.63, 3.8) is 0 Å². The minimum atomic E-state index is -0.991. The molecule has 0 spiro atoms. The number of carbonyl (C=O) groups is 1. The first-order chi connectivity index (χ1) is 10.6. The average Bonchev–Trinajstić information content (AvgIpc) is 2.80. The van der Waals surface area contributed by atoms with Crippen LogP contribution in [-0.4, -0.2) is 20.6 Å². The second-order valence-electron chi connectivity index (χ2n) is 5.14.